The Morgan fingerprint density at radius 3 is 1.24 bits per heavy atom. The summed E-state index contributed by atoms with van der Waals surface area (Å²) >= 11 is 0. The summed E-state index contributed by atoms with van der Waals surface area (Å²) in [4.78, 5) is 5.31. The Bertz CT molecular complexity index is 2890. The highest BCUT2D eigenvalue weighted by Crippen LogP contribution is 2.46. The zero-order valence-corrected chi connectivity index (χ0v) is 29.7. The molecule has 0 aliphatic heterocycles. The lowest BCUT2D eigenvalue weighted by Gasteiger charge is -2.19. The number of aromatic nitrogens is 1. The van der Waals surface area contributed by atoms with E-state index in [0.717, 1.165) is 28.1 Å². The second-order valence-corrected chi connectivity index (χ2v) is 13.9. The van der Waals surface area contributed by atoms with E-state index >= 15 is 0 Å². The van der Waals surface area contributed by atoms with E-state index in [0.29, 0.717) is 0 Å². The number of pyridine rings is 1. The third-order valence-corrected chi connectivity index (χ3v) is 10.7. The van der Waals surface area contributed by atoms with Crippen LogP contribution in [0.25, 0.3) is 99.3 Å². The first kappa shape index (κ1) is 31.6. The van der Waals surface area contributed by atoms with Crippen molar-refractivity contribution in [1.82, 2.24) is 4.98 Å². The summed E-state index contributed by atoms with van der Waals surface area (Å²) in [5.41, 5.74) is 13.8. The van der Waals surface area contributed by atoms with Gasteiger partial charge in [-0.25, -0.2) is 4.98 Å². The van der Waals surface area contributed by atoms with Crippen LogP contribution in [-0.4, -0.2) is 4.98 Å². The van der Waals surface area contributed by atoms with Crippen LogP contribution in [0.3, 0.4) is 0 Å². The Balaban J connectivity index is 1.21. The lowest BCUT2D eigenvalue weighted by molar-refractivity contribution is 1.33. The zero-order valence-electron chi connectivity index (χ0n) is 29.7. The van der Waals surface area contributed by atoms with E-state index in [9.17, 15) is 0 Å². The summed E-state index contributed by atoms with van der Waals surface area (Å²) in [6, 6.07) is 76.5. The monoisotopic (exact) mass is 685 g/mol. The maximum atomic E-state index is 5.31. The van der Waals surface area contributed by atoms with Gasteiger partial charge in [0.05, 0.1) is 11.4 Å². The number of hydrogen-bond donors (Lipinski definition) is 0. The molecule has 0 N–H and O–H groups in total. The smallest absolute Gasteiger partial charge is 0.0721 e. The van der Waals surface area contributed by atoms with Crippen molar-refractivity contribution < 1.29 is 0 Å². The van der Waals surface area contributed by atoms with E-state index in [-0.39, 0.29) is 0 Å². The Morgan fingerprint density at radius 1 is 0.222 bits per heavy atom. The molecule has 0 spiro atoms. The van der Waals surface area contributed by atoms with Gasteiger partial charge in [0.25, 0.3) is 0 Å². The minimum atomic E-state index is 0.960. The predicted molar refractivity (Wildman–Crippen MR) is 229 cm³/mol. The van der Waals surface area contributed by atoms with Crippen LogP contribution in [0.15, 0.2) is 212 Å². The number of rotatable bonds is 6. The van der Waals surface area contributed by atoms with E-state index in [2.05, 4.69) is 212 Å². The van der Waals surface area contributed by atoms with E-state index in [1.54, 1.807) is 0 Å². The number of nitrogens with zero attached hydrogens (tertiary/aromatic N) is 1. The minimum absolute atomic E-state index is 0.960. The summed E-state index contributed by atoms with van der Waals surface area (Å²) in [6.07, 6.45) is 0. The Morgan fingerprint density at radius 2 is 0.648 bits per heavy atom. The molecule has 0 aliphatic rings. The molecule has 0 aliphatic carbocycles. The van der Waals surface area contributed by atoms with Gasteiger partial charge in [0.1, 0.15) is 0 Å². The summed E-state index contributed by atoms with van der Waals surface area (Å²) in [7, 11) is 0. The van der Waals surface area contributed by atoms with Gasteiger partial charge in [0.15, 0.2) is 0 Å². The second-order valence-electron chi connectivity index (χ2n) is 13.9. The van der Waals surface area contributed by atoms with Gasteiger partial charge >= 0.3 is 0 Å². The van der Waals surface area contributed by atoms with Crippen molar-refractivity contribution in [2.45, 2.75) is 0 Å². The van der Waals surface area contributed by atoms with Gasteiger partial charge in [-0.05, 0) is 95.0 Å². The molecular weight excluding hydrogens is 651 g/mol. The third kappa shape index (κ3) is 5.55. The molecule has 10 aromatic rings. The fourth-order valence-electron chi connectivity index (χ4n) is 8.17. The molecule has 0 bridgehead atoms. The summed E-state index contributed by atoms with van der Waals surface area (Å²) in [5.74, 6) is 0. The quantitative estimate of drug-likeness (QED) is 0.159. The van der Waals surface area contributed by atoms with Gasteiger partial charge < -0.3 is 0 Å². The van der Waals surface area contributed by atoms with Crippen molar-refractivity contribution >= 4 is 32.3 Å². The molecule has 252 valence electrons. The largest absolute Gasteiger partial charge is 0.248 e. The molecule has 10 rings (SSSR count). The maximum absolute atomic E-state index is 5.31. The van der Waals surface area contributed by atoms with Gasteiger partial charge in [0.2, 0.25) is 0 Å². The molecule has 1 heterocycles. The summed E-state index contributed by atoms with van der Waals surface area (Å²) in [5, 5.41) is 7.39. The van der Waals surface area contributed by atoms with Gasteiger partial charge in [-0.2, -0.15) is 0 Å². The lowest BCUT2D eigenvalue weighted by atomic mass is 9.84. The Labute approximate surface area is 315 Å². The van der Waals surface area contributed by atoms with Crippen molar-refractivity contribution in [2.75, 3.05) is 0 Å². The molecule has 0 unspecified atom stereocenters. The summed E-state index contributed by atoms with van der Waals surface area (Å²) in [6.45, 7) is 0. The van der Waals surface area contributed by atoms with Crippen molar-refractivity contribution in [3.63, 3.8) is 0 Å². The maximum Gasteiger partial charge on any atom is 0.0721 e. The van der Waals surface area contributed by atoms with Crippen LogP contribution >= 0.6 is 0 Å². The normalized spacial score (nSPS) is 11.3. The first-order valence-electron chi connectivity index (χ1n) is 18.5. The van der Waals surface area contributed by atoms with Crippen LogP contribution in [0, 0.1) is 0 Å². The average molecular weight is 686 g/mol. The van der Waals surface area contributed by atoms with Crippen LogP contribution in [0.1, 0.15) is 0 Å². The second kappa shape index (κ2) is 13.5. The van der Waals surface area contributed by atoms with E-state index in [4.69, 9.17) is 4.98 Å². The third-order valence-electron chi connectivity index (χ3n) is 10.7. The van der Waals surface area contributed by atoms with Crippen molar-refractivity contribution in [1.29, 1.82) is 0 Å². The molecule has 0 atom stereocenters. The topological polar surface area (TPSA) is 12.9 Å². The van der Waals surface area contributed by atoms with Crippen molar-refractivity contribution in [3.8, 4) is 67.0 Å². The van der Waals surface area contributed by atoms with Crippen molar-refractivity contribution in [2.24, 2.45) is 0 Å². The molecule has 1 nitrogen and oxygen atoms in total. The summed E-state index contributed by atoms with van der Waals surface area (Å²) < 4.78 is 0. The first-order chi connectivity index (χ1) is 26.8. The molecule has 54 heavy (non-hydrogen) atoms. The molecule has 1 heteroatoms. The fraction of sp³-hybridized carbons (Fsp3) is 0. The highest BCUT2D eigenvalue weighted by molar-refractivity contribution is 6.22. The molecule has 9 aromatic carbocycles. The van der Waals surface area contributed by atoms with Crippen LogP contribution < -0.4 is 0 Å². The minimum Gasteiger partial charge on any atom is -0.248 e. The van der Waals surface area contributed by atoms with Gasteiger partial charge in [-0.15, -0.1) is 0 Å². The van der Waals surface area contributed by atoms with Crippen LogP contribution in [-0.2, 0) is 0 Å². The van der Waals surface area contributed by atoms with Gasteiger partial charge in [0, 0.05) is 11.1 Å². The first-order valence-corrected chi connectivity index (χ1v) is 18.5. The lowest BCUT2D eigenvalue weighted by Crippen LogP contribution is -1.94. The van der Waals surface area contributed by atoms with E-state index < -0.39 is 0 Å². The SMILES string of the molecule is c1ccc(-c2cc(-c3ccccc3)nc(-c3ccc(-c4ccc5c(-c6ccccc6)c6ccccc6c(-c6ccccc6)c5c4)c4ccccc34)c2)cc1. The molecule has 0 fully saturated rings. The molecule has 1 aromatic heterocycles. The van der Waals surface area contributed by atoms with Crippen LogP contribution in [0.2, 0.25) is 0 Å². The molecule has 0 saturated carbocycles. The van der Waals surface area contributed by atoms with Crippen molar-refractivity contribution in [3.05, 3.63) is 212 Å². The van der Waals surface area contributed by atoms with E-state index in [1.807, 2.05) is 0 Å². The Kier molecular flexibility index (Phi) is 7.89. The Hall–Kier alpha value is -7.09. The number of hydrogen-bond acceptors (Lipinski definition) is 1. The van der Waals surface area contributed by atoms with Gasteiger partial charge in [-0.3, -0.25) is 0 Å². The highest BCUT2D eigenvalue weighted by atomic mass is 14.7. The molecule has 0 amide bonds. The average Bonchev–Trinajstić information content (AvgIpc) is 3.26. The zero-order chi connectivity index (χ0) is 35.8. The number of fused-ring (bicyclic) bond motifs is 3. The van der Waals surface area contributed by atoms with Crippen LogP contribution in [0.5, 0.6) is 0 Å². The highest BCUT2D eigenvalue weighted by Gasteiger charge is 2.19. The standard InChI is InChI=1S/C53H35N/c1-5-17-36(18-6-1)41-34-50(37-19-7-2-8-20-37)54-51(35-41)45-32-31-42(43-25-13-14-26-44(43)45)40-29-30-48-49(33-40)53(39-23-11-4-12-24-39)47-28-16-15-27-46(47)52(48)38-21-9-3-10-22-38/h1-35H. The van der Waals surface area contributed by atoms with Gasteiger partial charge in [-0.1, -0.05) is 194 Å². The van der Waals surface area contributed by atoms with Crippen LogP contribution in [0.4, 0.5) is 0 Å². The molecule has 0 saturated heterocycles. The molecule has 0 radical (unpaired) electrons. The predicted octanol–water partition coefficient (Wildman–Crippen LogP) is 14.5. The molecular formula is C53H35N. The van der Waals surface area contributed by atoms with E-state index in [1.165, 1.54) is 71.3 Å². The number of benzene rings is 9. The fourth-order valence-corrected chi connectivity index (χ4v) is 8.17.